The molecule has 0 saturated heterocycles. The quantitative estimate of drug-likeness (QED) is 0.681. The van der Waals surface area contributed by atoms with Crippen LogP contribution in [0, 0.1) is 0 Å². The van der Waals surface area contributed by atoms with Crippen molar-refractivity contribution in [1.82, 2.24) is 4.98 Å². The Bertz CT molecular complexity index is 395. The summed E-state index contributed by atoms with van der Waals surface area (Å²) in [5.41, 5.74) is 0.281. The van der Waals surface area contributed by atoms with E-state index in [-0.39, 0.29) is 15.5 Å². The lowest BCUT2D eigenvalue weighted by Gasteiger charge is -2.05. The van der Waals surface area contributed by atoms with Gasteiger partial charge in [0.1, 0.15) is 4.66 Å². The number of nitrogens with zero attached hydrogens (tertiary/aromatic N) is 1. The summed E-state index contributed by atoms with van der Waals surface area (Å²) in [4.78, 5) is 3.72. The summed E-state index contributed by atoms with van der Waals surface area (Å²) < 4.78 is 24.2. The molecule has 0 aromatic carbocycles. The van der Waals surface area contributed by atoms with Crippen LogP contribution in [0.5, 0.6) is 0 Å². The second kappa shape index (κ2) is 4.26. The minimum Gasteiger partial charge on any atom is -0.280 e. The third-order valence-electron chi connectivity index (χ3n) is 1.17. The topological polar surface area (TPSA) is 59.1 Å². The van der Waals surface area contributed by atoms with Gasteiger partial charge in [0.15, 0.2) is 5.15 Å². The number of sulfonamides is 1. The van der Waals surface area contributed by atoms with Crippen molar-refractivity contribution in [3.8, 4) is 0 Å². The van der Waals surface area contributed by atoms with Crippen molar-refractivity contribution in [2.75, 3.05) is 9.38 Å². The Balaban J connectivity index is 2.93. The zero-order chi connectivity index (χ0) is 9.90. The van der Waals surface area contributed by atoms with Crippen molar-refractivity contribution in [2.45, 2.75) is 0 Å². The SMILES string of the molecule is O=S(=O)(CBr)Nc1cccnc1Cl. The maximum Gasteiger partial charge on any atom is 0.242 e. The van der Waals surface area contributed by atoms with E-state index in [1.165, 1.54) is 12.3 Å². The van der Waals surface area contributed by atoms with E-state index in [9.17, 15) is 8.42 Å². The molecule has 0 aliphatic rings. The van der Waals surface area contributed by atoms with Gasteiger partial charge in [-0.3, -0.25) is 4.72 Å². The number of halogens is 2. The summed E-state index contributed by atoms with van der Waals surface area (Å²) in [5.74, 6) is 0. The van der Waals surface area contributed by atoms with Crippen LogP contribution in [0.25, 0.3) is 0 Å². The molecule has 7 heteroatoms. The van der Waals surface area contributed by atoms with Crippen LogP contribution in [-0.2, 0) is 10.0 Å². The first-order chi connectivity index (χ1) is 6.05. The summed E-state index contributed by atoms with van der Waals surface area (Å²) >= 11 is 8.47. The minimum atomic E-state index is -3.35. The van der Waals surface area contributed by atoms with Gasteiger partial charge in [-0.1, -0.05) is 27.5 Å². The predicted octanol–water partition coefficient (Wildman–Crippen LogP) is 1.83. The molecule has 0 bridgehead atoms. The fraction of sp³-hybridized carbons (Fsp3) is 0.167. The van der Waals surface area contributed by atoms with Crippen LogP contribution in [0.1, 0.15) is 0 Å². The highest BCUT2D eigenvalue weighted by Crippen LogP contribution is 2.19. The van der Waals surface area contributed by atoms with E-state index in [2.05, 4.69) is 25.6 Å². The van der Waals surface area contributed by atoms with Gasteiger partial charge in [0.25, 0.3) is 0 Å². The van der Waals surface area contributed by atoms with Gasteiger partial charge < -0.3 is 0 Å². The second-order valence-electron chi connectivity index (χ2n) is 2.17. The van der Waals surface area contributed by atoms with Crippen molar-refractivity contribution in [2.24, 2.45) is 0 Å². The molecule has 13 heavy (non-hydrogen) atoms. The molecule has 0 fully saturated rings. The van der Waals surface area contributed by atoms with Crippen molar-refractivity contribution in [1.29, 1.82) is 0 Å². The summed E-state index contributed by atoms with van der Waals surface area (Å²) in [7, 11) is -3.35. The molecule has 0 atom stereocenters. The highest BCUT2D eigenvalue weighted by molar-refractivity contribution is 9.10. The van der Waals surface area contributed by atoms with Crippen molar-refractivity contribution < 1.29 is 8.42 Å². The highest BCUT2D eigenvalue weighted by atomic mass is 79.9. The second-order valence-corrected chi connectivity index (χ2v) is 5.55. The van der Waals surface area contributed by atoms with Gasteiger partial charge in [-0.2, -0.15) is 0 Å². The van der Waals surface area contributed by atoms with Crippen LogP contribution in [0.15, 0.2) is 18.3 Å². The molecule has 1 heterocycles. The molecular formula is C6H6BrClN2O2S. The van der Waals surface area contributed by atoms with Crippen LogP contribution in [0.3, 0.4) is 0 Å². The first-order valence-electron chi connectivity index (χ1n) is 3.22. The van der Waals surface area contributed by atoms with Gasteiger partial charge in [-0.15, -0.1) is 0 Å². The van der Waals surface area contributed by atoms with Gasteiger partial charge in [0.2, 0.25) is 10.0 Å². The molecule has 4 nitrogen and oxygen atoms in total. The first kappa shape index (κ1) is 10.7. The van der Waals surface area contributed by atoms with Gasteiger partial charge in [0, 0.05) is 6.20 Å². The van der Waals surface area contributed by atoms with E-state index in [1.807, 2.05) is 0 Å². The van der Waals surface area contributed by atoms with E-state index in [1.54, 1.807) is 6.07 Å². The van der Waals surface area contributed by atoms with Crippen molar-refractivity contribution in [3.05, 3.63) is 23.5 Å². The fourth-order valence-electron chi connectivity index (χ4n) is 0.657. The average molecular weight is 286 g/mol. The lowest BCUT2D eigenvalue weighted by molar-refractivity contribution is 0.606. The Labute approximate surface area is 89.5 Å². The minimum absolute atomic E-state index is 0.132. The Morgan fingerprint density at radius 1 is 1.62 bits per heavy atom. The number of hydrogen-bond acceptors (Lipinski definition) is 3. The predicted molar refractivity (Wildman–Crippen MR) is 55.6 cm³/mol. The molecule has 0 spiro atoms. The number of hydrogen-bond donors (Lipinski definition) is 1. The number of aromatic nitrogens is 1. The maximum atomic E-state index is 11.1. The van der Waals surface area contributed by atoms with Crippen LogP contribution in [0.4, 0.5) is 5.69 Å². The number of rotatable bonds is 3. The van der Waals surface area contributed by atoms with Gasteiger partial charge in [-0.05, 0) is 12.1 Å². The zero-order valence-electron chi connectivity index (χ0n) is 6.37. The van der Waals surface area contributed by atoms with Crippen LogP contribution >= 0.6 is 27.5 Å². The molecule has 0 aliphatic heterocycles. The van der Waals surface area contributed by atoms with Crippen LogP contribution in [0.2, 0.25) is 5.15 Å². The van der Waals surface area contributed by atoms with Gasteiger partial charge in [0.05, 0.1) is 5.69 Å². The molecule has 0 saturated carbocycles. The standard InChI is InChI=1S/C6H6BrClN2O2S/c7-4-13(11,12)10-5-2-1-3-9-6(5)8/h1-3,10H,4H2. The third kappa shape index (κ3) is 3.13. The van der Waals surface area contributed by atoms with Crippen LogP contribution < -0.4 is 4.72 Å². The number of nitrogens with one attached hydrogen (secondary N) is 1. The number of alkyl halides is 1. The smallest absolute Gasteiger partial charge is 0.242 e. The van der Waals surface area contributed by atoms with E-state index in [4.69, 9.17) is 11.6 Å². The largest absolute Gasteiger partial charge is 0.280 e. The summed E-state index contributed by atoms with van der Waals surface area (Å²) in [6.07, 6.45) is 1.48. The Kier molecular flexibility index (Phi) is 3.52. The normalized spacial score (nSPS) is 11.2. The fourth-order valence-corrected chi connectivity index (χ4v) is 1.78. The monoisotopic (exact) mass is 284 g/mol. The molecule has 1 aromatic heterocycles. The van der Waals surface area contributed by atoms with Crippen molar-refractivity contribution in [3.63, 3.8) is 0 Å². The Hall–Kier alpha value is -0.330. The molecule has 1 aromatic rings. The Morgan fingerprint density at radius 2 is 2.31 bits per heavy atom. The summed E-state index contributed by atoms with van der Waals surface area (Å²) in [5, 5.41) is 0.132. The zero-order valence-corrected chi connectivity index (χ0v) is 9.53. The van der Waals surface area contributed by atoms with Crippen LogP contribution in [-0.4, -0.2) is 18.1 Å². The maximum absolute atomic E-state index is 11.1. The summed E-state index contributed by atoms with van der Waals surface area (Å²) in [6.45, 7) is 0. The lowest BCUT2D eigenvalue weighted by Crippen LogP contribution is -2.13. The third-order valence-corrected chi connectivity index (χ3v) is 4.10. The van der Waals surface area contributed by atoms with E-state index < -0.39 is 10.0 Å². The molecule has 0 aliphatic carbocycles. The molecule has 0 amide bonds. The summed E-state index contributed by atoms with van der Waals surface area (Å²) in [6, 6.07) is 3.13. The van der Waals surface area contributed by atoms with Crippen molar-refractivity contribution >= 4 is 43.2 Å². The van der Waals surface area contributed by atoms with Gasteiger partial charge >= 0.3 is 0 Å². The van der Waals surface area contributed by atoms with E-state index in [0.717, 1.165) is 0 Å². The molecule has 0 unspecified atom stereocenters. The lowest BCUT2D eigenvalue weighted by atomic mass is 10.4. The average Bonchev–Trinajstić information content (AvgIpc) is 2.09. The first-order valence-corrected chi connectivity index (χ1v) is 6.37. The molecule has 0 radical (unpaired) electrons. The van der Waals surface area contributed by atoms with E-state index >= 15 is 0 Å². The molecule has 72 valence electrons. The number of anilines is 1. The molecule has 1 rings (SSSR count). The molecule has 1 N–H and O–H groups in total. The highest BCUT2D eigenvalue weighted by Gasteiger charge is 2.09. The van der Waals surface area contributed by atoms with Gasteiger partial charge in [-0.25, -0.2) is 13.4 Å². The van der Waals surface area contributed by atoms with E-state index in [0.29, 0.717) is 0 Å². The Morgan fingerprint density at radius 3 is 2.85 bits per heavy atom. The molecular weight excluding hydrogens is 280 g/mol. The number of pyridine rings is 1.